The molecule has 0 aliphatic heterocycles. The number of halogens is 3. The van der Waals surface area contributed by atoms with Crippen molar-refractivity contribution in [3.8, 4) is 0 Å². The number of benzene rings is 1. The predicted molar refractivity (Wildman–Crippen MR) is 87.3 cm³/mol. The Morgan fingerprint density at radius 3 is 2.80 bits per heavy atom. The number of aromatic nitrogens is 1. The zero-order valence-corrected chi connectivity index (χ0v) is 13.6. The van der Waals surface area contributed by atoms with Gasteiger partial charge in [-0.1, -0.05) is 24.3 Å². The van der Waals surface area contributed by atoms with Gasteiger partial charge in [0.25, 0.3) is 5.91 Å². The number of nitrogens with zero attached hydrogens (tertiary/aromatic N) is 1. The first-order valence-electron chi connectivity index (χ1n) is 8.26. The van der Waals surface area contributed by atoms with Gasteiger partial charge >= 0.3 is 6.18 Å². The number of carbonyl (C=O) groups is 1. The second-order valence-electron chi connectivity index (χ2n) is 6.27. The minimum absolute atomic E-state index is 0.201. The summed E-state index contributed by atoms with van der Waals surface area (Å²) >= 11 is 0. The summed E-state index contributed by atoms with van der Waals surface area (Å²) in [6.07, 6.45) is -2.40. The number of carbonyl (C=O) groups excluding carboxylic acids is 1. The van der Waals surface area contributed by atoms with Gasteiger partial charge in [-0.15, -0.1) is 0 Å². The molecule has 4 nitrogen and oxygen atoms in total. The molecule has 0 radical (unpaired) electrons. The Balaban J connectivity index is 1.59. The lowest BCUT2D eigenvalue weighted by Crippen LogP contribution is -2.41. The van der Waals surface area contributed by atoms with Crippen LogP contribution in [-0.2, 0) is 4.74 Å². The van der Waals surface area contributed by atoms with Crippen molar-refractivity contribution in [3.63, 3.8) is 0 Å². The van der Waals surface area contributed by atoms with Gasteiger partial charge in [-0.2, -0.15) is 13.2 Å². The molecule has 0 saturated heterocycles. The molecule has 2 aromatic rings. The molecule has 2 atom stereocenters. The number of hydrogen-bond donors (Lipinski definition) is 1. The van der Waals surface area contributed by atoms with E-state index in [-0.39, 0.29) is 11.9 Å². The van der Waals surface area contributed by atoms with Crippen LogP contribution in [0.3, 0.4) is 0 Å². The van der Waals surface area contributed by atoms with E-state index in [1.165, 1.54) is 0 Å². The summed E-state index contributed by atoms with van der Waals surface area (Å²) in [5.41, 5.74) is 1.03. The molecule has 1 heterocycles. The third-order valence-electron chi connectivity index (χ3n) is 4.28. The first-order valence-corrected chi connectivity index (χ1v) is 8.26. The summed E-state index contributed by atoms with van der Waals surface area (Å²) in [5.74, 6) is -0.313. The number of fused-ring (bicyclic) bond motifs is 1. The van der Waals surface area contributed by atoms with Crippen LogP contribution in [0.5, 0.6) is 0 Å². The molecule has 1 N–H and O–H groups in total. The topological polar surface area (TPSA) is 51.2 Å². The summed E-state index contributed by atoms with van der Waals surface area (Å²) in [6, 6.07) is 10.8. The maximum Gasteiger partial charge on any atom is 0.411 e. The number of pyridine rings is 1. The third-order valence-corrected chi connectivity index (χ3v) is 4.28. The van der Waals surface area contributed by atoms with Gasteiger partial charge in [0, 0.05) is 11.4 Å². The van der Waals surface area contributed by atoms with Gasteiger partial charge in [-0.25, -0.2) is 4.98 Å². The maximum absolute atomic E-state index is 12.4. The highest BCUT2D eigenvalue weighted by Gasteiger charge is 2.31. The molecule has 7 heteroatoms. The van der Waals surface area contributed by atoms with Gasteiger partial charge < -0.3 is 10.1 Å². The number of alkyl halides is 3. The van der Waals surface area contributed by atoms with E-state index < -0.39 is 18.9 Å². The Hall–Kier alpha value is -2.15. The van der Waals surface area contributed by atoms with E-state index in [9.17, 15) is 18.0 Å². The first-order chi connectivity index (χ1) is 11.9. The summed E-state index contributed by atoms with van der Waals surface area (Å²) in [5, 5.41) is 3.81. The lowest BCUT2D eigenvalue weighted by Gasteiger charge is -2.30. The van der Waals surface area contributed by atoms with Gasteiger partial charge in [-0.3, -0.25) is 4.79 Å². The quantitative estimate of drug-likeness (QED) is 0.909. The lowest BCUT2D eigenvalue weighted by molar-refractivity contribution is -0.188. The molecule has 1 aromatic heterocycles. The molecule has 3 rings (SSSR count). The first kappa shape index (κ1) is 17.7. The van der Waals surface area contributed by atoms with Crippen molar-refractivity contribution in [1.29, 1.82) is 0 Å². The molecule has 1 saturated carbocycles. The fraction of sp³-hybridized carbons (Fsp3) is 0.444. The molecule has 2 unspecified atom stereocenters. The van der Waals surface area contributed by atoms with Crippen molar-refractivity contribution in [2.75, 3.05) is 6.61 Å². The Morgan fingerprint density at radius 1 is 1.20 bits per heavy atom. The highest BCUT2D eigenvalue weighted by atomic mass is 19.4. The van der Waals surface area contributed by atoms with Crippen molar-refractivity contribution < 1.29 is 22.7 Å². The van der Waals surface area contributed by atoms with Crippen LogP contribution in [0.15, 0.2) is 36.4 Å². The van der Waals surface area contributed by atoms with Crippen LogP contribution < -0.4 is 5.32 Å². The fourth-order valence-electron chi connectivity index (χ4n) is 3.09. The summed E-state index contributed by atoms with van der Waals surface area (Å²) in [7, 11) is 0. The van der Waals surface area contributed by atoms with Crippen LogP contribution in [-0.4, -0.2) is 35.8 Å². The van der Waals surface area contributed by atoms with Gasteiger partial charge in [0.15, 0.2) is 0 Å². The van der Waals surface area contributed by atoms with Crippen molar-refractivity contribution in [1.82, 2.24) is 10.3 Å². The maximum atomic E-state index is 12.4. The van der Waals surface area contributed by atoms with Crippen molar-refractivity contribution in [2.45, 2.75) is 44.0 Å². The van der Waals surface area contributed by atoms with E-state index in [1.807, 2.05) is 30.3 Å². The second kappa shape index (κ2) is 7.39. The van der Waals surface area contributed by atoms with Crippen LogP contribution in [0.1, 0.15) is 36.2 Å². The number of ether oxygens (including phenoxy) is 1. The minimum Gasteiger partial charge on any atom is -0.369 e. The Morgan fingerprint density at radius 2 is 2.00 bits per heavy atom. The van der Waals surface area contributed by atoms with Gasteiger partial charge in [0.2, 0.25) is 0 Å². The summed E-state index contributed by atoms with van der Waals surface area (Å²) < 4.78 is 41.7. The Labute approximate surface area is 143 Å². The standard InChI is InChI=1S/C18H19F3N2O2/c19-18(20,21)11-25-14-6-3-5-13(10-14)22-17(24)16-9-8-12-4-1-2-7-15(12)23-16/h1-2,4,7-9,13-14H,3,5-6,10-11H2,(H,22,24). The molecule has 0 bridgehead atoms. The van der Waals surface area contributed by atoms with E-state index in [0.29, 0.717) is 18.5 Å². The van der Waals surface area contributed by atoms with E-state index in [4.69, 9.17) is 4.74 Å². The monoisotopic (exact) mass is 352 g/mol. The van der Waals surface area contributed by atoms with Gasteiger partial charge in [0.1, 0.15) is 12.3 Å². The summed E-state index contributed by atoms with van der Waals surface area (Å²) in [4.78, 5) is 16.7. The third kappa shape index (κ3) is 4.92. The van der Waals surface area contributed by atoms with Crippen LogP contribution in [0.25, 0.3) is 10.9 Å². The smallest absolute Gasteiger partial charge is 0.369 e. The molecular formula is C18H19F3N2O2. The van der Waals surface area contributed by atoms with Gasteiger partial charge in [-0.05, 0) is 37.8 Å². The fourth-order valence-corrected chi connectivity index (χ4v) is 3.09. The van der Waals surface area contributed by atoms with E-state index in [0.717, 1.165) is 23.7 Å². The van der Waals surface area contributed by atoms with Crippen LogP contribution in [0.4, 0.5) is 13.2 Å². The molecule has 25 heavy (non-hydrogen) atoms. The van der Waals surface area contributed by atoms with Crippen molar-refractivity contribution in [2.24, 2.45) is 0 Å². The summed E-state index contributed by atoms with van der Waals surface area (Å²) in [6.45, 7) is -1.25. The largest absolute Gasteiger partial charge is 0.411 e. The molecular weight excluding hydrogens is 333 g/mol. The van der Waals surface area contributed by atoms with Crippen LogP contribution in [0, 0.1) is 0 Å². The molecule has 1 fully saturated rings. The molecule has 1 aliphatic carbocycles. The highest BCUT2D eigenvalue weighted by molar-refractivity contribution is 5.95. The molecule has 134 valence electrons. The SMILES string of the molecule is O=C(NC1CCCC(OCC(F)(F)F)C1)c1ccc2ccccc2n1. The van der Waals surface area contributed by atoms with Crippen LogP contribution in [0.2, 0.25) is 0 Å². The van der Waals surface area contributed by atoms with E-state index in [1.54, 1.807) is 6.07 Å². The lowest BCUT2D eigenvalue weighted by atomic mass is 9.92. The number of nitrogens with one attached hydrogen (secondary N) is 1. The van der Waals surface area contributed by atoms with Crippen molar-refractivity contribution in [3.05, 3.63) is 42.1 Å². The molecule has 0 spiro atoms. The molecule has 1 aliphatic rings. The highest BCUT2D eigenvalue weighted by Crippen LogP contribution is 2.24. The number of hydrogen-bond acceptors (Lipinski definition) is 3. The predicted octanol–water partition coefficient (Wildman–Crippen LogP) is 3.85. The average molecular weight is 352 g/mol. The van der Waals surface area contributed by atoms with Crippen molar-refractivity contribution >= 4 is 16.8 Å². The van der Waals surface area contributed by atoms with E-state index >= 15 is 0 Å². The minimum atomic E-state index is -4.33. The van der Waals surface area contributed by atoms with Gasteiger partial charge in [0.05, 0.1) is 11.6 Å². The number of amides is 1. The zero-order valence-electron chi connectivity index (χ0n) is 13.6. The average Bonchev–Trinajstić information content (AvgIpc) is 2.59. The Bertz CT molecular complexity index is 748. The number of para-hydroxylation sites is 1. The van der Waals surface area contributed by atoms with Crippen LogP contribution >= 0.6 is 0 Å². The zero-order chi connectivity index (χ0) is 17.9. The Kier molecular flexibility index (Phi) is 5.22. The molecule has 1 amide bonds. The normalized spacial score (nSPS) is 21.2. The molecule has 1 aromatic carbocycles. The number of rotatable bonds is 4. The van der Waals surface area contributed by atoms with E-state index in [2.05, 4.69) is 10.3 Å². The second-order valence-corrected chi connectivity index (χ2v) is 6.27.